The van der Waals surface area contributed by atoms with Gasteiger partial charge in [-0.15, -0.1) is 0 Å². The fourth-order valence-corrected chi connectivity index (χ4v) is 2.50. The van der Waals surface area contributed by atoms with Crippen LogP contribution in [0, 0.1) is 0 Å². The number of hydrogen-bond acceptors (Lipinski definition) is 2. The summed E-state index contributed by atoms with van der Waals surface area (Å²) >= 11 is 3.39. The van der Waals surface area contributed by atoms with Crippen LogP contribution in [0.5, 0.6) is 0 Å². The maximum absolute atomic E-state index is 12.2. The van der Waals surface area contributed by atoms with Crippen LogP contribution in [0.25, 0.3) is 0 Å². The molecule has 0 fully saturated rings. The highest BCUT2D eigenvalue weighted by Crippen LogP contribution is 2.22. The van der Waals surface area contributed by atoms with Crippen LogP contribution in [0.1, 0.15) is 27.0 Å². The Morgan fingerprint density at radius 3 is 2.58 bits per heavy atom. The molecule has 0 unspecified atom stereocenters. The number of benzene rings is 2. The number of fused-ring (bicyclic) bond motifs is 1. The molecule has 0 bridgehead atoms. The van der Waals surface area contributed by atoms with E-state index in [9.17, 15) is 4.79 Å². The summed E-state index contributed by atoms with van der Waals surface area (Å²) in [5.74, 6) is 0.150. The van der Waals surface area contributed by atoms with E-state index in [0.29, 0.717) is 19.6 Å². The highest BCUT2D eigenvalue weighted by Gasteiger charge is 2.14. The smallest absolute Gasteiger partial charge is 0.167 e. The van der Waals surface area contributed by atoms with Crippen molar-refractivity contribution in [1.82, 2.24) is 0 Å². The summed E-state index contributed by atoms with van der Waals surface area (Å²) in [6, 6.07) is 13.7. The molecule has 0 aliphatic carbocycles. The van der Waals surface area contributed by atoms with Gasteiger partial charge in [0.2, 0.25) is 0 Å². The second kappa shape index (κ2) is 5.27. The Labute approximate surface area is 120 Å². The molecule has 0 saturated carbocycles. The topological polar surface area (TPSA) is 26.3 Å². The Morgan fingerprint density at radius 2 is 1.79 bits per heavy atom. The average Bonchev–Trinajstić information content (AvgIpc) is 2.88. The van der Waals surface area contributed by atoms with Crippen LogP contribution in [-0.4, -0.2) is 5.78 Å². The zero-order chi connectivity index (χ0) is 13.2. The number of carbonyl (C=O) groups excluding carboxylic acids is 1. The van der Waals surface area contributed by atoms with Crippen LogP contribution < -0.4 is 0 Å². The van der Waals surface area contributed by atoms with Crippen molar-refractivity contribution in [2.24, 2.45) is 0 Å². The molecule has 1 heterocycles. The molecule has 3 rings (SSSR count). The monoisotopic (exact) mass is 316 g/mol. The number of rotatable bonds is 3. The summed E-state index contributed by atoms with van der Waals surface area (Å²) in [5, 5.41) is 0. The first-order chi connectivity index (χ1) is 9.22. The minimum atomic E-state index is 0.150. The third-order valence-electron chi connectivity index (χ3n) is 3.32. The van der Waals surface area contributed by atoms with Crippen LogP contribution in [0.3, 0.4) is 0 Å². The molecule has 2 nitrogen and oxygen atoms in total. The summed E-state index contributed by atoms with van der Waals surface area (Å²) in [7, 11) is 0. The molecule has 0 amide bonds. The van der Waals surface area contributed by atoms with E-state index in [1.54, 1.807) is 0 Å². The molecule has 3 heteroatoms. The minimum absolute atomic E-state index is 0.150. The fourth-order valence-electron chi connectivity index (χ4n) is 2.24. The van der Waals surface area contributed by atoms with Crippen LogP contribution >= 0.6 is 15.9 Å². The maximum atomic E-state index is 12.2. The van der Waals surface area contributed by atoms with E-state index in [4.69, 9.17) is 4.74 Å². The molecule has 0 aromatic heterocycles. The Bertz CT molecular complexity index is 617. The molecule has 0 atom stereocenters. The standard InChI is InChI=1S/C16H13BrO2/c17-15-5-1-11(2-6-15)7-16(18)12-3-4-13-9-19-10-14(13)8-12/h1-6,8H,7,9-10H2. The van der Waals surface area contributed by atoms with Gasteiger partial charge in [0.05, 0.1) is 13.2 Å². The van der Waals surface area contributed by atoms with Gasteiger partial charge in [0, 0.05) is 16.5 Å². The molecule has 19 heavy (non-hydrogen) atoms. The van der Waals surface area contributed by atoms with Crippen molar-refractivity contribution in [3.63, 3.8) is 0 Å². The van der Waals surface area contributed by atoms with E-state index in [1.165, 1.54) is 5.56 Å². The Kier molecular flexibility index (Phi) is 3.49. The number of halogens is 1. The molecular formula is C16H13BrO2. The predicted molar refractivity (Wildman–Crippen MR) is 77.1 cm³/mol. The van der Waals surface area contributed by atoms with Crippen LogP contribution in [0.2, 0.25) is 0 Å². The molecule has 0 spiro atoms. The summed E-state index contributed by atoms with van der Waals surface area (Å²) in [5.41, 5.74) is 4.14. The van der Waals surface area contributed by atoms with E-state index < -0.39 is 0 Å². The van der Waals surface area contributed by atoms with Crippen molar-refractivity contribution in [2.75, 3.05) is 0 Å². The van der Waals surface area contributed by atoms with Gasteiger partial charge in [0.1, 0.15) is 0 Å². The number of ketones is 1. The first kappa shape index (κ1) is 12.6. The van der Waals surface area contributed by atoms with Gasteiger partial charge in [0.15, 0.2) is 5.78 Å². The number of ether oxygens (including phenoxy) is 1. The van der Waals surface area contributed by atoms with E-state index in [2.05, 4.69) is 15.9 Å². The van der Waals surface area contributed by atoms with Gasteiger partial charge in [-0.1, -0.05) is 40.2 Å². The lowest BCUT2D eigenvalue weighted by Gasteiger charge is -2.04. The van der Waals surface area contributed by atoms with E-state index in [1.807, 2.05) is 42.5 Å². The van der Waals surface area contributed by atoms with Crippen LogP contribution in [-0.2, 0) is 24.4 Å². The van der Waals surface area contributed by atoms with Crippen molar-refractivity contribution in [3.8, 4) is 0 Å². The van der Waals surface area contributed by atoms with Gasteiger partial charge < -0.3 is 4.74 Å². The quantitative estimate of drug-likeness (QED) is 0.803. The summed E-state index contributed by atoms with van der Waals surface area (Å²) in [6.07, 6.45) is 0.437. The molecule has 1 aliphatic heterocycles. The first-order valence-corrected chi connectivity index (χ1v) is 6.99. The van der Waals surface area contributed by atoms with Crippen molar-refractivity contribution in [1.29, 1.82) is 0 Å². The normalized spacial score (nSPS) is 13.3. The third kappa shape index (κ3) is 2.77. The van der Waals surface area contributed by atoms with Crippen molar-refractivity contribution < 1.29 is 9.53 Å². The molecule has 96 valence electrons. The van der Waals surface area contributed by atoms with Gasteiger partial charge >= 0.3 is 0 Å². The first-order valence-electron chi connectivity index (χ1n) is 6.19. The predicted octanol–water partition coefficient (Wildman–Crippen LogP) is 3.90. The summed E-state index contributed by atoms with van der Waals surface area (Å²) < 4.78 is 6.39. The zero-order valence-electron chi connectivity index (χ0n) is 10.4. The number of hydrogen-bond donors (Lipinski definition) is 0. The van der Waals surface area contributed by atoms with Crippen molar-refractivity contribution >= 4 is 21.7 Å². The summed E-state index contributed by atoms with van der Waals surface area (Å²) in [6.45, 7) is 1.28. The van der Waals surface area contributed by atoms with Gasteiger partial charge in [-0.05, 0) is 34.9 Å². The molecule has 1 aliphatic rings. The van der Waals surface area contributed by atoms with Gasteiger partial charge in [-0.25, -0.2) is 0 Å². The molecule has 0 saturated heterocycles. The highest BCUT2D eigenvalue weighted by atomic mass is 79.9. The second-order valence-electron chi connectivity index (χ2n) is 4.70. The van der Waals surface area contributed by atoms with E-state index in [-0.39, 0.29) is 5.78 Å². The van der Waals surface area contributed by atoms with Gasteiger partial charge in [-0.3, -0.25) is 4.79 Å². The van der Waals surface area contributed by atoms with Gasteiger partial charge in [0.25, 0.3) is 0 Å². The summed E-state index contributed by atoms with van der Waals surface area (Å²) in [4.78, 5) is 12.2. The largest absolute Gasteiger partial charge is 0.372 e. The van der Waals surface area contributed by atoms with Crippen molar-refractivity contribution in [2.45, 2.75) is 19.6 Å². The van der Waals surface area contributed by atoms with Crippen LogP contribution in [0.4, 0.5) is 0 Å². The SMILES string of the molecule is O=C(Cc1ccc(Br)cc1)c1ccc2c(c1)COC2. The Hall–Kier alpha value is -1.45. The van der Waals surface area contributed by atoms with E-state index >= 15 is 0 Å². The fraction of sp³-hybridized carbons (Fsp3) is 0.188. The van der Waals surface area contributed by atoms with Crippen LogP contribution in [0.15, 0.2) is 46.9 Å². The lowest BCUT2D eigenvalue weighted by molar-refractivity contribution is 0.0993. The molecular weight excluding hydrogens is 304 g/mol. The average molecular weight is 317 g/mol. The number of carbonyl (C=O) groups is 1. The third-order valence-corrected chi connectivity index (χ3v) is 3.85. The lowest BCUT2D eigenvalue weighted by Crippen LogP contribution is -2.04. The minimum Gasteiger partial charge on any atom is -0.372 e. The molecule has 2 aromatic carbocycles. The van der Waals surface area contributed by atoms with Gasteiger partial charge in [-0.2, -0.15) is 0 Å². The molecule has 0 N–H and O–H groups in total. The zero-order valence-corrected chi connectivity index (χ0v) is 11.9. The highest BCUT2D eigenvalue weighted by molar-refractivity contribution is 9.10. The number of Topliss-reactive ketones (excluding diaryl/α,β-unsaturated/α-hetero) is 1. The van der Waals surface area contributed by atoms with E-state index in [0.717, 1.165) is 21.2 Å². The second-order valence-corrected chi connectivity index (χ2v) is 5.62. The Balaban J connectivity index is 1.78. The molecule has 2 aromatic rings. The Morgan fingerprint density at radius 1 is 1.05 bits per heavy atom. The maximum Gasteiger partial charge on any atom is 0.167 e. The lowest BCUT2D eigenvalue weighted by atomic mass is 9.99. The molecule has 0 radical (unpaired) electrons. The van der Waals surface area contributed by atoms with Crippen molar-refractivity contribution in [3.05, 3.63) is 69.2 Å².